The maximum atomic E-state index is 12.2. The third kappa shape index (κ3) is 4.99. The zero-order valence-electron chi connectivity index (χ0n) is 13.6. The number of halogens is 1. The van der Waals surface area contributed by atoms with Gasteiger partial charge in [-0.3, -0.25) is 9.69 Å². The molecular weight excluding hydrogens is 344 g/mol. The van der Waals surface area contributed by atoms with Crippen molar-refractivity contribution in [1.29, 1.82) is 0 Å². The van der Waals surface area contributed by atoms with Crippen molar-refractivity contribution < 1.29 is 9.53 Å². The van der Waals surface area contributed by atoms with Crippen LogP contribution in [0.15, 0.2) is 28.7 Å². The molecule has 1 aliphatic rings. The number of nitrogens with zero attached hydrogens (tertiary/aromatic N) is 2. The van der Waals surface area contributed by atoms with Crippen LogP contribution >= 0.6 is 15.9 Å². The summed E-state index contributed by atoms with van der Waals surface area (Å²) in [6, 6.07) is 7.89. The summed E-state index contributed by atoms with van der Waals surface area (Å²) in [5.74, 6) is 1.13. The first-order chi connectivity index (χ1) is 10.4. The van der Waals surface area contributed by atoms with Crippen LogP contribution in [0.1, 0.15) is 20.8 Å². The fourth-order valence-electron chi connectivity index (χ4n) is 2.50. The highest BCUT2D eigenvalue weighted by Crippen LogP contribution is 2.19. The van der Waals surface area contributed by atoms with Gasteiger partial charge in [0, 0.05) is 42.6 Å². The first-order valence-corrected chi connectivity index (χ1v) is 8.56. The number of amides is 1. The zero-order valence-corrected chi connectivity index (χ0v) is 15.2. The van der Waals surface area contributed by atoms with E-state index in [1.165, 1.54) is 0 Å². The second-order valence-electron chi connectivity index (χ2n) is 6.69. The van der Waals surface area contributed by atoms with E-state index < -0.39 is 0 Å². The van der Waals surface area contributed by atoms with Crippen LogP contribution in [-0.4, -0.2) is 55.0 Å². The van der Waals surface area contributed by atoms with Crippen LogP contribution < -0.4 is 4.74 Å². The van der Waals surface area contributed by atoms with Gasteiger partial charge in [0.05, 0.1) is 0 Å². The molecule has 1 aliphatic heterocycles. The summed E-state index contributed by atoms with van der Waals surface area (Å²) in [4.78, 5) is 16.6. The van der Waals surface area contributed by atoms with Crippen LogP contribution in [0, 0.1) is 5.41 Å². The fourth-order valence-corrected chi connectivity index (χ4v) is 2.88. The van der Waals surface area contributed by atoms with Crippen LogP contribution in [-0.2, 0) is 4.79 Å². The summed E-state index contributed by atoms with van der Waals surface area (Å²) in [6.07, 6.45) is 0. The lowest BCUT2D eigenvalue weighted by atomic mass is 9.94. The van der Waals surface area contributed by atoms with Crippen LogP contribution in [0.25, 0.3) is 0 Å². The fraction of sp³-hybridized carbons (Fsp3) is 0.588. The molecule has 1 aromatic rings. The Morgan fingerprint density at radius 2 is 1.91 bits per heavy atom. The SMILES string of the molecule is CC(C)(C)C(=O)N1CCN(CCOc2cccc(Br)c2)CC1. The third-order valence-corrected chi connectivity index (χ3v) is 4.27. The average Bonchev–Trinajstić information content (AvgIpc) is 2.46. The molecule has 0 N–H and O–H groups in total. The highest BCUT2D eigenvalue weighted by Gasteiger charge is 2.29. The van der Waals surface area contributed by atoms with Crippen molar-refractivity contribution in [3.05, 3.63) is 28.7 Å². The van der Waals surface area contributed by atoms with E-state index in [1.807, 2.05) is 49.9 Å². The highest BCUT2D eigenvalue weighted by molar-refractivity contribution is 9.10. The van der Waals surface area contributed by atoms with Gasteiger partial charge in [-0.05, 0) is 18.2 Å². The van der Waals surface area contributed by atoms with Gasteiger partial charge >= 0.3 is 0 Å². The largest absolute Gasteiger partial charge is 0.492 e. The van der Waals surface area contributed by atoms with Gasteiger partial charge in [-0.25, -0.2) is 0 Å². The molecular formula is C17H25BrN2O2. The lowest BCUT2D eigenvalue weighted by Gasteiger charge is -2.37. The van der Waals surface area contributed by atoms with Crippen molar-refractivity contribution in [3.8, 4) is 5.75 Å². The summed E-state index contributed by atoms with van der Waals surface area (Å²) >= 11 is 3.44. The summed E-state index contributed by atoms with van der Waals surface area (Å²) < 4.78 is 6.79. The average molecular weight is 369 g/mol. The van der Waals surface area contributed by atoms with Gasteiger partial charge in [0.2, 0.25) is 5.91 Å². The summed E-state index contributed by atoms with van der Waals surface area (Å²) in [7, 11) is 0. The molecule has 4 nitrogen and oxygen atoms in total. The van der Waals surface area contributed by atoms with Crippen LogP contribution in [0.4, 0.5) is 0 Å². The summed E-state index contributed by atoms with van der Waals surface area (Å²) in [5.41, 5.74) is -0.286. The number of carbonyl (C=O) groups is 1. The van der Waals surface area contributed by atoms with Crippen molar-refractivity contribution in [2.75, 3.05) is 39.3 Å². The minimum absolute atomic E-state index is 0.248. The quantitative estimate of drug-likeness (QED) is 0.818. The van der Waals surface area contributed by atoms with E-state index in [0.29, 0.717) is 6.61 Å². The Hall–Kier alpha value is -1.07. The van der Waals surface area contributed by atoms with Gasteiger partial charge in [-0.2, -0.15) is 0 Å². The van der Waals surface area contributed by atoms with E-state index in [0.717, 1.165) is 42.9 Å². The predicted molar refractivity (Wildman–Crippen MR) is 92.1 cm³/mol. The van der Waals surface area contributed by atoms with Gasteiger partial charge in [0.1, 0.15) is 12.4 Å². The monoisotopic (exact) mass is 368 g/mol. The molecule has 0 aromatic heterocycles. The zero-order chi connectivity index (χ0) is 16.2. The van der Waals surface area contributed by atoms with E-state index >= 15 is 0 Å². The topological polar surface area (TPSA) is 32.8 Å². The van der Waals surface area contributed by atoms with Gasteiger partial charge in [0.25, 0.3) is 0 Å². The Balaban J connectivity index is 1.71. The van der Waals surface area contributed by atoms with Gasteiger partial charge in [-0.15, -0.1) is 0 Å². The molecule has 22 heavy (non-hydrogen) atoms. The maximum absolute atomic E-state index is 12.2. The first kappa shape index (κ1) is 17.3. The summed E-state index contributed by atoms with van der Waals surface area (Å²) in [6.45, 7) is 11.0. The number of piperazine rings is 1. The molecule has 2 rings (SSSR count). The van der Waals surface area contributed by atoms with Crippen molar-refractivity contribution >= 4 is 21.8 Å². The Morgan fingerprint density at radius 1 is 1.23 bits per heavy atom. The van der Waals surface area contributed by atoms with Crippen LogP contribution in [0.3, 0.4) is 0 Å². The molecule has 0 spiro atoms. The standard InChI is InChI=1S/C17H25BrN2O2/c1-17(2,3)16(21)20-9-7-19(8-10-20)11-12-22-15-6-4-5-14(18)13-15/h4-6,13H,7-12H2,1-3H3. The minimum Gasteiger partial charge on any atom is -0.492 e. The van der Waals surface area contributed by atoms with Crippen molar-refractivity contribution in [3.63, 3.8) is 0 Å². The number of ether oxygens (including phenoxy) is 1. The van der Waals surface area contributed by atoms with E-state index in [2.05, 4.69) is 20.8 Å². The second-order valence-corrected chi connectivity index (χ2v) is 7.61. The van der Waals surface area contributed by atoms with Gasteiger partial charge in [-0.1, -0.05) is 42.8 Å². The molecule has 1 aromatic carbocycles. The van der Waals surface area contributed by atoms with Crippen LogP contribution in [0.2, 0.25) is 0 Å². The molecule has 0 atom stereocenters. The number of rotatable bonds is 4. The Bertz CT molecular complexity index is 506. The van der Waals surface area contributed by atoms with Gasteiger partial charge in [0.15, 0.2) is 0 Å². The van der Waals surface area contributed by atoms with Crippen molar-refractivity contribution in [1.82, 2.24) is 9.80 Å². The Labute approximate surface area is 141 Å². The molecule has 5 heteroatoms. The molecule has 0 radical (unpaired) electrons. The number of carbonyl (C=O) groups excluding carboxylic acids is 1. The first-order valence-electron chi connectivity index (χ1n) is 7.76. The number of hydrogen-bond acceptors (Lipinski definition) is 3. The lowest BCUT2D eigenvalue weighted by molar-refractivity contribution is -0.141. The Kier molecular flexibility index (Phi) is 5.87. The molecule has 1 amide bonds. The molecule has 1 saturated heterocycles. The molecule has 1 heterocycles. The molecule has 0 aliphatic carbocycles. The van der Waals surface area contributed by atoms with E-state index in [9.17, 15) is 4.79 Å². The number of benzene rings is 1. The molecule has 0 saturated carbocycles. The second kappa shape index (κ2) is 7.47. The maximum Gasteiger partial charge on any atom is 0.228 e. The molecule has 122 valence electrons. The predicted octanol–water partition coefficient (Wildman–Crippen LogP) is 3.02. The van der Waals surface area contributed by atoms with E-state index in [4.69, 9.17) is 4.74 Å². The molecule has 0 bridgehead atoms. The van der Waals surface area contributed by atoms with Crippen molar-refractivity contribution in [2.45, 2.75) is 20.8 Å². The Morgan fingerprint density at radius 3 is 2.50 bits per heavy atom. The highest BCUT2D eigenvalue weighted by atomic mass is 79.9. The van der Waals surface area contributed by atoms with E-state index in [1.54, 1.807) is 0 Å². The molecule has 1 fully saturated rings. The third-order valence-electron chi connectivity index (χ3n) is 3.77. The van der Waals surface area contributed by atoms with Crippen molar-refractivity contribution in [2.24, 2.45) is 5.41 Å². The molecule has 0 unspecified atom stereocenters. The number of hydrogen-bond donors (Lipinski definition) is 0. The summed E-state index contributed by atoms with van der Waals surface area (Å²) in [5, 5.41) is 0. The van der Waals surface area contributed by atoms with Gasteiger partial charge < -0.3 is 9.64 Å². The van der Waals surface area contributed by atoms with E-state index in [-0.39, 0.29) is 11.3 Å². The van der Waals surface area contributed by atoms with Crippen LogP contribution in [0.5, 0.6) is 5.75 Å². The normalized spacial score (nSPS) is 16.6. The minimum atomic E-state index is -0.286. The smallest absolute Gasteiger partial charge is 0.228 e. The lowest BCUT2D eigenvalue weighted by Crippen LogP contribution is -2.52.